The summed E-state index contributed by atoms with van der Waals surface area (Å²) < 4.78 is 15.7. The van der Waals surface area contributed by atoms with Crippen molar-refractivity contribution < 1.29 is 4.39 Å². The van der Waals surface area contributed by atoms with Gasteiger partial charge in [0.2, 0.25) is 0 Å². The highest BCUT2D eigenvalue weighted by Crippen LogP contribution is 2.28. The number of para-hydroxylation sites is 1. The first kappa shape index (κ1) is 13.5. The molecular formula is C15H16FN5. The van der Waals surface area contributed by atoms with Crippen LogP contribution in [0.15, 0.2) is 30.6 Å². The Bertz CT molecular complexity index is 796. The molecule has 0 saturated carbocycles. The van der Waals surface area contributed by atoms with Crippen LogP contribution in [0.1, 0.15) is 11.5 Å². The van der Waals surface area contributed by atoms with E-state index in [9.17, 15) is 4.39 Å². The standard InChI is InChI=1S/C15H16FN5/c1-10-7-13(11-5-4-6-12(16)15(11)19-10)20(2)8-14-17-9-18-21(14)3/h4-7,9H,8H2,1-3H3. The maximum Gasteiger partial charge on any atom is 0.149 e. The van der Waals surface area contributed by atoms with Gasteiger partial charge in [-0.05, 0) is 19.1 Å². The molecule has 6 heteroatoms. The second-order valence-electron chi connectivity index (χ2n) is 5.07. The third-order valence-electron chi connectivity index (χ3n) is 3.49. The van der Waals surface area contributed by atoms with Gasteiger partial charge in [-0.1, -0.05) is 12.1 Å². The van der Waals surface area contributed by atoms with Crippen LogP contribution in [0.2, 0.25) is 0 Å². The number of benzene rings is 1. The number of aryl methyl sites for hydroxylation is 2. The molecule has 5 nitrogen and oxygen atoms in total. The Morgan fingerprint density at radius 1 is 1.33 bits per heavy atom. The van der Waals surface area contributed by atoms with Crippen LogP contribution in [0.5, 0.6) is 0 Å². The van der Waals surface area contributed by atoms with Crippen molar-refractivity contribution in [3.05, 3.63) is 47.9 Å². The van der Waals surface area contributed by atoms with Crippen molar-refractivity contribution in [2.75, 3.05) is 11.9 Å². The van der Waals surface area contributed by atoms with Crippen LogP contribution >= 0.6 is 0 Å². The van der Waals surface area contributed by atoms with Gasteiger partial charge in [-0.2, -0.15) is 5.10 Å². The lowest BCUT2D eigenvalue weighted by atomic mass is 10.1. The van der Waals surface area contributed by atoms with Crippen LogP contribution < -0.4 is 4.90 Å². The smallest absolute Gasteiger partial charge is 0.149 e. The Morgan fingerprint density at radius 3 is 2.86 bits per heavy atom. The van der Waals surface area contributed by atoms with Crippen LogP contribution in [0, 0.1) is 12.7 Å². The Hall–Kier alpha value is -2.50. The molecule has 0 aliphatic carbocycles. The lowest BCUT2D eigenvalue weighted by Gasteiger charge is -2.21. The van der Waals surface area contributed by atoms with Crippen LogP contribution in [-0.4, -0.2) is 26.8 Å². The van der Waals surface area contributed by atoms with E-state index in [1.165, 1.54) is 12.4 Å². The van der Waals surface area contributed by atoms with Crippen LogP contribution in [0.4, 0.5) is 10.1 Å². The van der Waals surface area contributed by atoms with Crippen LogP contribution in [0.25, 0.3) is 10.9 Å². The summed E-state index contributed by atoms with van der Waals surface area (Å²) in [6, 6.07) is 6.97. The second kappa shape index (κ2) is 5.12. The summed E-state index contributed by atoms with van der Waals surface area (Å²) in [6.07, 6.45) is 1.53. The SMILES string of the molecule is Cc1cc(N(C)Cc2ncnn2C)c2cccc(F)c2n1. The van der Waals surface area contributed by atoms with Gasteiger partial charge in [0.25, 0.3) is 0 Å². The highest BCUT2D eigenvalue weighted by atomic mass is 19.1. The molecule has 0 N–H and O–H groups in total. The zero-order valence-electron chi connectivity index (χ0n) is 12.2. The molecule has 3 rings (SSSR count). The van der Waals surface area contributed by atoms with Crippen molar-refractivity contribution in [2.45, 2.75) is 13.5 Å². The van der Waals surface area contributed by atoms with Gasteiger partial charge in [0, 0.05) is 30.9 Å². The molecule has 0 amide bonds. The molecule has 3 aromatic rings. The predicted molar refractivity (Wildman–Crippen MR) is 79.5 cm³/mol. The first-order valence-electron chi connectivity index (χ1n) is 6.66. The summed E-state index contributed by atoms with van der Waals surface area (Å²) in [5.74, 6) is 0.543. The van der Waals surface area contributed by atoms with E-state index < -0.39 is 0 Å². The van der Waals surface area contributed by atoms with E-state index in [1.807, 2.05) is 38.1 Å². The minimum atomic E-state index is -0.301. The number of pyridine rings is 1. The van der Waals surface area contributed by atoms with Gasteiger partial charge in [0.05, 0.1) is 6.54 Å². The van der Waals surface area contributed by atoms with Gasteiger partial charge in [-0.3, -0.25) is 4.68 Å². The van der Waals surface area contributed by atoms with Gasteiger partial charge in [-0.25, -0.2) is 14.4 Å². The molecule has 1 aromatic carbocycles. The summed E-state index contributed by atoms with van der Waals surface area (Å²) in [5.41, 5.74) is 2.12. The molecule has 0 fully saturated rings. The Balaban J connectivity index is 2.07. The van der Waals surface area contributed by atoms with E-state index in [4.69, 9.17) is 0 Å². The summed E-state index contributed by atoms with van der Waals surface area (Å²) in [4.78, 5) is 10.5. The molecule has 0 aliphatic heterocycles. The first-order valence-corrected chi connectivity index (χ1v) is 6.66. The molecule has 108 valence electrons. The molecule has 0 bridgehead atoms. The monoisotopic (exact) mass is 285 g/mol. The number of fused-ring (bicyclic) bond motifs is 1. The molecule has 2 aromatic heterocycles. The quantitative estimate of drug-likeness (QED) is 0.741. The zero-order chi connectivity index (χ0) is 15.0. The normalized spacial score (nSPS) is 11.0. The van der Waals surface area contributed by atoms with Gasteiger partial charge in [0.1, 0.15) is 23.5 Å². The number of hydrogen-bond donors (Lipinski definition) is 0. The van der Waals surface area contributed by atoms with E-state index >= 15 is 0 Å². The van der Waals surface area contributed by atoms with Crippen molar-refractivity contribution in [3.8, 4) is 0 Å². The molecule has 0 spiro atoms. The molecule has 21 heavy (non-hydrogen) atoms. The minimum absolute atomic E-state index is 0.301. The van der Waals surface area contributed by atoms with E-state index in [1.54, 1.807) is 10.7 Å². The summed E-state index contributed by atoms with van der Waals surface area (Å²) in [5, 5.41) is 4.86. The predicted octanol–water partition coefficient (Wildman–Crippen LogP) is 2.45. The molecule has 0 atom stereocenters. The van der Waals surface area contributed by atoms with Crippen LogP contribution in [0.3, 0.4) is 0 Å². The summed E-state index contributed by atoms with van der Waals surface area (Å²) in [6.45, 7) is 2.46. The van der Waals surface area contributed by atoms with Gasteiger partial charge < -0.3 is 4.90 Å². The van der Waals surface area contributed by atoms with Gasteiger partial charge in [0.15, 0.2) is 0 Å². The van der Waals surface area contributed by atoms with Gasteiger partial charge >= 0.3 is 0 Å². The van der Waals surface area contributed by atoms with E-state index in [2.05, 4.69) is 15.1 Å². The number of aromatic nitrogens is 4. The maximum absolute atomic E-state index is 13.9. The third kappa shape index (κ3) is 2.44. The highest BCUT2D eigenvalue weighted by molar-refractivity contribution is 5.92. The molecule has 0 aliphatic rings. The van der Waals surface area contributed by atoms with Gasteiger partial charge in [-0.15, -0.1) is 0 Å². The Morgan fingerprint density at radius 2 is 2.14 bits per heavy atom. The summed E-state index contributed by atoms with van der Waals surface area (Å²) >= 11 is 0. The van der Waals surface area contributed by atoms with E-state index in [0.29, 0.717) is 12.1 Å². The van der Waals surface area contributed by atoms with Crippen molar-refractivity contribution in [3.63, 3.8) is 0 Å². The molecule has 0 unspecified atom stereocenters. The molecule has 0 saturated heterocycles. The maximum atomic E-state index is 13.9. The number of nitrogens with zero attached hydrogens (tertiary/aromatic N) is 5. The first-order chi connectivity index (χ1) is 10.1. The largest absolute Gasteiger partial charge is 0.366 e. The summed E-state index contributed by atoms with van der Waals surface area (Å²) in [7, 11) is 3.81. The lowest BCUT2D eigenvalue weighted by Crippen LogP contribution is -2.20. The number of hydrogen-bond acceptors (Lipinski definition) is 4. The van der Waals surface area contributed by atoms with Crippen molar-refractivity contribution in [1.82, 2.24) is 19.7 Å². The number of anilines is 1. The Labute approximate surface area is 122 Å². The average Bonchev–Trinajstić information content (AvgIpc) is 2.84. The second-order valence-corrected chi connectivity index (χ2v) is 5.07. The number of rotatable bonds is 3. The van der Waals surface area contributed by atoms with Crippen molar-refractivity contribution in [2.24, 2.45) is 7.05 Å². The van der Waals surface area contributed by atoms with Crippen molar-refractivity contribution in [1.29, 1.82) is 0 Å². The fourth-order valence-electron chi connectivity index (χ4n) is 2.40. The molecule has 0 radical (unpaired) electrons. The van der Waals surface area contributed by atoms with E-state index in [0.717, 1.165) is 22.6 Å². The topological polar surface area (TPSA) is 46.8 Å². The molecule has 2 heterocycles. The van der Waals surface area contributed by atoms with Crippen molar-refractivity contribution >= 4 is 16.6 Å². The zero-order valence-corrected chi connectivity index (χ0v) is 12.2. The van der Waals surface area contributed by atoms with Crippen LogP contribution in [-0.2, 0) is 13.6 Å². The minimum Gasteiger partial charge on any atom is -0.366 e. The lowest BCUT2D eigenvalue weighted by molar-refractivity contribution is 0.636. The average molecular weight is 285 g/mol. The number of halogens is 1. The highest BCUT2D eigenvalue weighted by Gasteiger charge is 2.13. The fraction of sp³-hybridized carbons (Fsp3) is 0.267. The Kier molecular flexibility index (Phi) is 3.29. The van der Waals surface area contributed by atoms with E-state index in [-0.39, 0.29) is 5.82 Å². The fourth-order valence-corrected chi connectivity index (χ4v) is 2.40. The third-order valence-corrected chi connectivity index (χ3v) is 3.49. The molecular weight excluding hydrogens is 269 g/mol.